The molecule has 0 saturated heterocycles. The van der Waals surface area contributed by atoms with Gasteiger partial charge >= 0.3 is 5.97 Å². The predicted octanol–water partition coefficient (Wildman–Crippen LogP) is 1.08. The van der Waals surface area contributed by atoms with Gasteiger partial charge in [-0.3, -0.25) is 4.79 Å². The lowest BCUT2D eigenvalue weighted by Crippen LogP contribution is -2.11. The first-order valence-electron chi connectivity index (χ1n) is 4.60. The molecule has 0 aromatic heterocycles. The molecule has 1 rings (SSSR count). The van der Waals surface area contributed by atoms with Gasteiger partial charge in [0.15, 0.2) is 6.10 Å². The zero-order chi connectivity index (χ0) is 12.3. The Bertz CT molecular complexity index is 428. The number of rotatable bonds is 4. The average Bonchev–Trinajstić information content (AvgIpc) is 2.19. The summed E-state index contributed by atoms with van der Waals surface area (Å²) in [4.78, 5) is 21.3. The van der Waals surface area contributed by atoms with Crippen molar-refractivity contribution in [3.05, 3.63) is 35.1 Å². The quantitative estimate of drug-likeness (QED) is 0.805. The van der Waals surface area contributed by atoms with Gasteiger partial charge in [-0.2, -0.15) is 0 Å². The van der Waals surface area contributed by atoms with E-state index in [1.807, 2.05) is 0 Å². The van der Waals surface area contributed by atoms with E-state index >= 15 is 0 Å². The fraction of sp³-hybridized carbons (Fsp3) is 0.273. The molecule has 0 amide bonds. The first-order valence-corrected chi connectivity index (χ1v) is 4.60. The second-order valence-electron chi connectivity index (χ2n) is 3.47. The molecule has 0 fully saturated rings. The standard InChI is InChI=1S/C11H11FO4/c1-6(13)4-8-5-7(2-3-9(8)12)10(14)11(15)16/h2-3,5,10,14H,4H2,1H3,(H,15,16). The van der Waals surface area contributed by atoms with Crippen LogP contribution in [0.15, 0.2) is 18.2 Å². The molecule has 1 unspecified atom stereocenters. The summed E-state index contributed by atoms with van der Waals surface area (Å²) < 4.78 is 13.2. The number of Topliss-reactive ketones (excluding diaryl/α,β-unsaturated/α-hetero) is 1. The van der Waals surface area contributed by atoms with Crippen molar-refractivity contribution in [3.8, 4) is 0 Å². The SMILES string of the molecule is CC(=O)Cc1cc(C(O)C(=O)O)ccc1F. The molecule has 0 aliphatic rings. The largest absolute Gasteiger partial charge is 0.479 e. The molecule has 0 bridgehead atoms. The smallest absolute Gasteiger partial charge is 0.337 e. The molecule has 0 saturated carbocycles. The molecule has 16 heavy (non-hydrogen) atoms. The van der Waals surface area contributed by atoms with E-state index in [1.165, 1.54) is 19.1 Å². The van der Waals surface area contributed by atoms with Crippen LogP contribution < -0.4 is 0 Å². The Morgan fingerprint density at radius 3 is 2.56 bits per heavy atom. The summed E-state index contributed by atoms with van der Waals surface area (Å²) in [5, 5.41) is 17.8. The molecule has 2 N–H and O–H groups in total. The number of aliphatic hydroxyl groups is 1. The van der Waals surface area contributed by atoms with Crippen LogP contribution in [-0.4, -0.2) is 22.0 Å². The van der Waals surface area contributed by atoms with E-state index in [1.54, 1.807) is 0 Å². The minimum absolute atomic E-state index is 0.0603. The molecule has 4 nitrogen and oxygen atoms in total. The van der Waals surface area contributed by atoms with Crippen LogP contribution in [-0.2, 0) is 16.0 Å². The topological polar surface area (TPSA) is 74.6 Å². The maximum atomic E-state index is 13.2. The highest BCUT2D eigenvalue weighted by Crippen LogP contribution is 2.18. The Labute approximate surface area is 91.3 Å². The van der Waals surface area contributed by atoms with Gasteiger partial charge in [-0.25, -0.2) is 9.18 Å². The van der Waals surface area contributed by atoms with E-state index in [0.717, 1.165) is 6.07 Å². The van der Waals surface area contributed by atoms with Gasteiger partial charge in [0.1, 0.15) is 11.6 Å². The number of ketones is 1. The highest BCUT2D eigenvalue weighted by Gasteiger charge is 2.17. The van der Waals surface area contributed by atoms with E-state index in [-0.39, 0.29) is 23.3 Å². The summed E-state index contributed by atoms with van der Waals surface area (Å²) >= 11 is 0. The maximum absolute atomic E-state index is 13.2. The van der Waals surface area contributed by atoms with E-state index in [9.17, 15) is 19.1 Å². The van der Waals surface area contributed by atoms with Gasteiger partial charge in [-0.15, -0.1) is 0 Å². The molecule has 0 aliphatic carbocycles. The van der Waals surface area contributed by atoms with Crippen molar-refractivity contribution in [1.82, 2.24) is 0 Å². The Morgan fingerprint density at radius 1 is 1.44 bits per heavy atom. The lowest BCUT2D eigenvalue weighted by Gasteiger charge is -2.08. The van der Waals surface area contributed by atoms with Crippen molar-refractivity contribution in [2.75, 3.05) is 0 Å². The zero-order valence-electron chi connectivity index (χ0n) is 8.61. The number of carboxylic acids is 1. The number of halogens is 1. The van der Waals surface area contributed by atoms with E-state index in [2.05, 4.69) is 0 Å². The number of carboxylic acid groups (broad SMARTS) is 1. The zero-order valence-corrected chi connectivity index (χ0v) is 8.61. The Kier molecular flexibility index (Phi) is 3.73. The van der Waals surface area contributed by atoms with Gasteiger partial charge < -0.3 is 10.2 Å². The van der Waals surface area contributed by atoms with Gasteiger partial charge in [0.05, 0.1) is 0 Å². The molecular weight excluding hydrogens is 215 g/mol. The van der Waals surface area contributed by atoms with Gasteiger partial charge in [0.25, 0.3) is 0 Å². The van der Waals surface area contributed by atoms with Gasteiger partial charge in [-0.05, 0) is 30.2 Å². The molecule has 1 atom stereocenters. The van der Waals surface area contributed by atoms with Crippen molar-refractivity contribution in [2.45, 2.75) is 19.4 Å². The number of carbonyl (C=O) groups is 2. The average molecular weight is 226 g/mol. The first kappa shape index (κ1) is 12.3. The normalized spacial score (nSPS) is 12.2. The number of aliphatic carboxylic acids is 1. The third-order valence-corrected chi connectivity index (χ3v) is 2.06. The van der Waals surface area contributed by atoms with Crippen molar-refractivity contribution in [3.63, 3.8) is 0 Å². The number of carbonyl (C=O) groups excluding carboxylic acids is 1. The van der Waals surface area contributed by atoms with Crippen LogP contribution in [0.1, 0.15) is 24.2 Å². The molecule has 0 spiro atoms. The number of aliphatic hydroxyl groups excluding tert-OH is 1. The highest BCUT2D eigenvalue weighted by molar-refractivity contribution is 5.78. The molecule has 0 radical (unpaired) electrons. The summed E-state index contributed by atoms with van der Waals surface area (Å²) in [6, 6.07) is 3.41. The summed E-state index contributed by atoms with van der Waals surface area (Å²) in [7, 11) is 0. The first-order chi connectivity index (χ1) is 7.41. The molecule has 5 heteroatoms. The second kappa shape index (κ2) is 4.85. The number of hydrogen-bond donors (Lipinski definition) is 2. The van der Waals surface area contributed by atoms with Crippen molar-refractivity contribution < 1.29 is 24.2 Å². The summed E-state index contributed by atoms with van der Waals surface area (Å²) in [5.74, 6) is -2.24. The van der Waals surface area contributed by atoms with Crippen molar-refractivity contribution in [1.29, 1.82) is 0 Å². The van der Waals surface area contributed by atoms with Crippen LogP contribution in [0.4, 0.5) is 4.39 Å². The number of hydrogen-bond acceptors (Lipinski definition) is 3. The van der Waals surface area contributed by atoms with Gasteiger partial charge in [0.2, 0.25) is 0 Å². The molecule has 0 aliphatic heterocycles. The Balaban J connectivity index is 3.06. The van der Waals surface area contributed by atoms with Crippen molar-refractivity contribution in [2.24, 2.45) is 0 Å². The monoisotopic (exact) mass is 226 g/mol. The highest BCUT2D eigenvalue weighted by atomic mass is 19.1. The number of benzene rings is 1. The van der Waals surface area contributed by atoms with E-state index in [0.29, 0.717) is 0 Å². The third-order valence-electron chi connectivity index (χ3n) is 2.06. The van der Waals surface area contributed by atoms with Crippen LogP contribution in [0.5, 0.6) is 0 Å². The summed E-state index contributed by atoms with van der Waals surface area (Å²) in [5.41, 5.74) is 0.149. The molecular formula is C11H11FO4. The van der Waals surface area contributed by atoms with E-state index in [4.69, 9.17) is 5.11 Å². The van der Waals surface area contributed by atoms with Crippen LogP contribution in [0.25, 0.3) is 0 Å². The molecule has 0 heterocycles. The lowest BCUT2D eigenvalue weighted by molar-refractivity contribution is -0.146. The summed E-state index contributed by atoms with van der Waals surface area (Å²) in [6.07, 6.45) is -1.82. The fourth-order valence-electron chi connectivity index (χ4n) is 1.31. The Morgan fingerprint density at radius 2 is 2.06 bits per heavy atom. The predicted molar refractivity (Wildman–Crippen MR) is 53.4 cm³/mol. The maximum Gasteiger partial charge on any atom is 0.337 e. The van der Waals surface area contributed by atoms with Crippen LogP contribution in [0, 0.1) is 5.82 Å². The molecule has 86 valence electrons. The van der Waals surface area contributed by atoms with E-state index < -0.39 is 17.9 Å². The molecule has 1 aromatic carbocycles. The molecule has 1 aromatic rings. The second-order valence-corrected chi connectivity index (χ2v) is 3.47. The van der Waals surface area contributed by atoms with Crippen LogP contribution >= 0.6 is 0 Å². The fourth-order valence-corrected chi connectivity index (χ4v) is 1.31. The van der Waals surface area contributed by atoms with Crippen LogP contribution in [0.2, 0.25) is 0 Å². The van der Waals surface area contributed by atoms with Gasteiger partial charge in [0, 0.05) is 6.42 Å². The third kappa shape index (κ3) is 2.87. The van der Waals surface area contributed by atoms with Gasteiger partial charge in [-0.1, -0.05) is 6.07 Å². The minimum Gasteiger partial charge on any atom is -0.479 e. The van der Waals surface area contributed by atoms with Crippen molar-refractivity contribution >= 4 is 11.8 Å². The Hall–Kier alpha value is -1.75. The minimum atomic E-state index is -1.70. The summed E-state index contributed by atoms with van der Waals surface area (Å²) in [6.45, 7) is 1.31. The lowest BCUT2D eigenvalue weighted by atomic mass is 10.0. The van der Waals surface area contributed by atoms with Crippen LogP contribution in [0.3, 0.4) is 0 Å².